The Labute approximate surface area is 260 Å². The Kier molecular flexibility index (Phi) is 9.59. The molecule has 0 aromatic heterocycles. The van der Waals surface area contributed by atoms with E-state index < -0.39 is 12.5 Å². The Hall–Kier alpha value is -3.20. The average molecular weight is 633 g/mol. The number of anilines is 1. The molecule has 3 aromatic carbocycles. The molecule has 228 valence electrons. The lowest BCUT2D eigenvalue weighted by atomic mass is 9.67. The summed E-state index contributed by atoms with van der Waals surface area (Å²) in [6.45, 7) is 3.78. The van der Waals surface area contributed by atoms with E-state index in [0.29, 0.717) is 28.6 Å². The molecule has 0 radical (unpaired) electrons. The fourth-order valence-electron chi connectivity index (χ4n) is 6.29. The minimum absolute atomic E-state index is 0.0317. The largest absolute Gasteiger partial charge is 0.435 e. The molecular weight excluding hydrogens is 598 g/mol. The average Bonchev–Trinajstić information content (AvgIpc) is 2.97. The maximum Gasteiger partial charge on any atom is 0.387 e. The maximum atomic E-state index is 14.3. The highest BCUT2D eigenvalue weighted by molar-refractivity contribution is 6.42. The van der Waals surface area contributed by atoms with Gasteiger partial charge in [0.25, 0.3) is 0 Å². The van der Waals surface area contributed by atoms with Crippen LogP contribution in [0.4, 0.5) is 18.9 Å². The van der Waals surface area contributed by atoms with Crippen molar-refractivity contribution in [1.29, 1.82) is 0 Å². The number of carbonyl (C=O) groups excluding carboxylic acids is 1. The molecule has 2 heterocycles. The number of alkyl halides is 2. The topological polar surface area (TPSA) is 44.8 Å². The molecule has 3 aromatic rings. The van der Waals surface area contributed by atoms with Crippen LogP contribution in [0, 0.1) is 5.82 Å². The van der Waals surface area contributed by atoms with Crippen molar-refractivity contribution in [3.8, 4) is 5.75 Å². The zero-order chi connectivity index (χ0) is 30.7. The summed E-state index contributed by atoms with van der Waals surface area (Å²) in [5, 5.41) is 3.71. The molecule has 0 saturated carbocycles. The number of likely N-dealkylation sites (tertiary alicyclic amines) is 1. The van der Waals surface area contributed by atoms with E-state index >= 15 is 0 Å². The summed E-state index contributed by atoms with van der Waals surface area (Å²) in [7, 11) is 1.98. The lowest BCUT2D eigenvalue weighted by Crippen LogP contribution is -2.47. The molecule has 43 heavy (non-hydrogen) atoms. The van der Waals surface area contributed by atoms with Crippen molar-refractivity contribution in [3.63, 3.8) is 0 Å². The van der Waals surface area contributed by atoms with Crippen molar-refractivity contribution in [3.05, 3.63) is 105 Å². The number of fused-ring (bicyclic) bond motifs is 2. The van der Waals surface area contributed by atoms with Crippen LogP contribution < -0.4 is 15.0 Å². The fourth-order valence-corrected chi connectivity index (χ4v) is 6.59. The number of hydrogen-bond acceptors (Lipinski definition) is 4. The highest BCUT2D eigenvalue weighted by atomic mass is 35.5. The van der Waals surface area contributed by atoms with E-state index in [1.165, 1.54) is 18.2 Å². The van der Waals surface area contributed by atoms with E-state index in [1.807, 2.05) is 13.1 Å². The van der Waals surface area contributed by atoms with Crippen molar-refractivity contribution >= 4 is 34.8 Å². The first kappa shape index (κ1) is 31.2. The summed E-state index contributed by atoms with van der Waals surface area (Å²) in [5.74, 6) is -0.915. The molecule has 10 heteroatoms. The number of carbonyl (C=O) groups is 1. The van der Waals surface area contributed by atoms with Gasteiger partial charge < -0.3 is 19.9 Å². The van der Waals surface area contributed by atoms with E-state index in [2.05, 4.69) is 26.4 Å². The number of nitrogens with one attached hydrogen (secondary N) is 1. The van der Waals surface area contributed by atoms with Crippen molar-refractivity contribution in [2.45, 2.75) is 50.2 Å². The standard InChI is InChI=1S/C33H34Cl2F3N3O2/c1-21-19-33(27-18-24(36)7-9-30(27)40(21)2)11-14-41(15-12-33)13-10-26(23-6-8-28(34)29(35)17-23)31(42)39-20-22-4-3-5-25(16-22)43-32(37)38/h3-9,16-18,26,32H,1,10-15,19-20H2,2H3,(H,39,42). The second-order valence-electron chi connectivity index (χ2n) is 11.3. The molecule has 1 unspecified atom stereocenters. The van der Waals surface area contributed by atoms with Gasteiger partial charge in [-0.3, -0.25) is 4.79 Å². The van der Waals surface area contributed by atoms with Crippen LogP contribution in [0.5, 0.6) is 5.75 Å². The molecule has 2 aliphatic heterocycles. The third kappa shape index (κ3) is 7.14. The molecule has 1 amide bonds. The van der Waals surface area contributed by atoms with Crippen molar-refractivity contribution < 1.29 is 22.7 Å². The van der Waals surface area contributed by atoms with Crippen LogP contribution >= 0.6 is 23.2 Å². The van der Waals surface area contributed by atoms with Gasteiger partial charge >= 0.3 is 6.61 Å². The Morgan fingerprint density at radius 1 is 1.07 bits per heavy atom. The monoisotopic (exact) mass is 631 g/mol. The first-order chi connectivity index (χ1) is 20.5. The number of amides is 1. The molecule has 1 spiro atoms. The predicted octanol–water partition coefficient (Wildman–Crippen LogP) is 7.91. The van der Waals surface area contributed by atoms with Gasteiger partial charge in [-0.15, -0.1) is 0 Å². The van der Waals surface area contributed by atoms with Crippen LogP contribution in [0.25, 0.3) is 0 Å². The Bertz CT molecular complexity index is 1490. The van der Waals surface area contributed by atoms with Crippen LogP contribution in [0.3, 0.4) is 0 Å². The molecule has 0 bridgehead atoms. The number of hydrogen-bond donors (Lipinski definition) is 1. The summed E-state index contributed by atoms with van der Waals surface area (Å²) in [5.41, 5.74) is 4.28. The van der Waals surface area contributed by atoms with E-state index in [-0.39, 0.29) is 29.4 Å². The lowest BCUT2D eigenvalue weighted by Gasteiger charge is -2.48. The Morgan fingerprint density at radius 3 is 2.56 bits per heavy atom. The van der Waals surface area contributed by atoms with Gasteiger partial charge in [-0.25, -0.2) is 4.39 Å². The van der Waals surface area contributed by atoms with Crippen LogP contribution in [0.2, 0.25) is 10.0 Å². The lowest BCUT2D eigenvalue weighted by molar-refractivity contribution is -0.123. The highest BCUT2D eigenvalue weighted by Crippen LogP contribution is 2.49. The summed E-state index contributed by atoms with van der Waals surface area (Å²) in [6, 6.07) is 16.5. The van der Waals surface area contributed by atoms with E-state index in [1.54, 1.807) is 36.4 Å². The summed E-state index contributed by atoms with van der Waals surface area (Å²) >= 11 is 12.5. The first-order valence-corrected chi connectivity index (χ1v) is 15.0. The molecule has 1 fully saturated rings. The van der Waals surface area contributed by atoms with Gasteiger partial charge in [-0.1, -0.05) is 48.0 Å². The number of nitrogens with zero attached hydrogens (tertiary/aromatic N) is 2. The second kappa shape index (κ2) is 13.2. The third-order valence-corrected chi connectivity index (χ3v) is 9.45. The summed E-state index contributed by atoms with van der Waals surface area (Å²) < 4.78 is 44.1. The van der Waals surface area contributed by atoms with E-state index in [0.717, 1.165) is 54.9 Å². The molecule has 5 rings (SSSR count). The SMILES string of the molecule is C=C1CC2(CCN(CCC(C(=O)NCc3cccc(OC(F)F)c3)c3ccc(Cl)c(Cl)c3)CC2)c2cc(F)ccc2N1C. The van der Waals surface area contributed by atoms with Gasteiger partial charge in [0, 0.05) is 30.4 Å². The molecular formula is C33H34Cl2F3N3O2. The van der Waals surface area contributed by atoms with Gasteiger partial charge in [0.15, 0.2) is 0 Å². The quantitative estimate of drug-likeness (QED) is 0.261. The molecule has 5 nitrogen and oxygen atoms in total. The second-order valence-corrected chi connectivity index (χ2v) is 12.2. The number of allylic oxidation sites excluding steroid dienone is 1. The number of benzene rings is 3. The number of piperidine rings is 1. The van der Waals surface area contributed by atoms with E-state index in [9.17, 15) is 18.0 Å². The van der Waals surface area contributed by atoms with Crippen LogP contribution in [-0.4, -0.2) is 44.1 Å². The van der Waals surface area contributed by atoms with Crippen LogP contribution in [-0.2, 0) is 16.8 Å². The molecule has 1 N–H and O–H groups in total. The zero-order valence-electron chi connectivity index (χ0n) is 23.9. The van der Waals surface area contributed by atoms with Gasteiger partial charge in [0.1, 0.15) is 11.6 Å². The maximum absolute atomic E-state index is 14.3. The van der Waals surface area contributed by atoms with Crippen molar-refractivity contribution in [2.75, 3.05) is 31.6 Å². The fraction of sp³-hybridized carbons (Fsp3) is 0.364. The minimum atomic E-state index is -2.93. The Morgan fingerprint density at radius 2 is 1.84 bits per heavy atom. The number of halogens is 5. The summed E-state index contributed by atoms with van der Waals surface area (Å²) in [6.07, 6.45) is 3.03. The van der Waals surface area contributed by atoms with Gasteiger partial charge in [-0.05, 0) is 104 Å². The normalized spacial score (nSPS) is 17.2. The minimum Gasteiger partial charge on any atom is -0.435 e. The van der Waals surface area contributed by atoms with Gasteiger partial charge in [0.2, 0.25) is 5.91 Å². The van der Waals surface area contributed by atoms with Crippen LogP contribution in [0.1, 0.15) is 48.3 Å². The molecule has 0 aliphatic carbocycles. The van der Waals surface area contributed by atoms with Crippen LogP contribution in [0.15, 0.2) is 72.9 Å². The van der Waals surface area contributed by atoms with Crippen molar-refractivity contribution in [2.24, 2.45) is 0 Å². The Balaban J connectivity index is 1.27. The molecule has 1 atom stereocenters. The summed E-state index contributed by atoms with van der Waals surface area (Å²) in [4.78, 5) is 17.9. The number of rotatable bonds is 9. The smallest absolute Gasteiger partial charge is 0.387 e. The van der Waals surface area contributed by atoms with E-state index in [4.69, 9.17) is 23.2 Å². The molecule has 2 aliphatic rings. The van der Waals surface area contributed by atoms with Gasteiger partial charge in [-0.2, -0.15) is 8.78 Å². The first-order valence-electron chi connectivity index (χ1n) is 14.2. The molecule has 1 saturated heterocycles. The zero-order valence-corrected chi connectivity index (χ0v) is 25.4. The van der Waals surface area contributed by atoms with Crippen molar-refractivity contribution in [1.82, 2.24) is 10.2 Å². The third-order valence-electron chi connectivity index (χ3n) is 8.71. The number of ether oxygens (including phenoxy) is 1. The highest BCUT2D eigenvalue weighted by Gasteiger charge is 2.42. The predicted molar refractivity (Wildman–Crippen MR) is 165 cm³/mol. The van der Waals surface area contributed by atoms with Gasteiger partial charge in [0.05, 0.1) is 16.0 Å².